The van der Waals surface area contributed by atoms with Crippen molar-refractivity contribution in [3.63, 3.8) is 0 Å². The smallest absolute Gasteiger partial charge is 0.0430 e. The van der Waals surface area contributed by atoms with Crippen LogP contribution in [0.3, 0.4) is 0 Å². The van der Waals surface area contributed by atoms with Crippen LogP contribution in [0.15, 0.2) is 0 Å². The molecule has 3 heteroatoms. The van der Waals surface area contributed by atoms with E-state index in [-0.39, 0.29) is 4.75 Å². The Kier molecular flexibility index (Phi) is 2.55. The molecule has 1 unspecified atom stereocenters. The highest BCUT2D eigenvalue weighted by atomic mass is 32.2. The van der Waals surface area contributed by atoms with Gasteiger partial charge in [0, 0.05) is 27.5 Å². The van der Waals surface area contributed by atoms with Crippen molar-refractivity contribution < 1.29 is 4.21 Å². The van der Waals surface area contributed by atoms with Crippen molar-refractivity contribution in [1.82, 2.24) is 4.31 Å². The van der Waals surface area contributed by atoms with E-state index in [1.165, 1.54) is 12.8 Å². The zero-order chi connectivity index (χ0) is 9.41. The summed E-state index contributed by atoms with van der Waals surface area (Å²) < 4.78 is 14.1. The summed E-state index contributed by atoms with van der Waals surface area (Å²) in [7, 11) is -2.04. The van der Waals surface area contributed by atoms with E-state index < -0.39 is 9.71 Å². The molecule has 72 valence electrons. The van der Waals surface area contributed by atoms with Crippen molar-refractivity contribution in [3.05, 3.63) is 0 Å². The zero-order valence-electron chi connectivity index (χ0n) is 8.30. The molecular formula is C9H19NOS. The van der Waals surface area contributed by atoms with Crippen LogP contribution >= 0.6 is 0 Å². The number of hydrogen-bond donors (Lipinski definition) is 0. The highest BCUT2D eigenvalue weighted by Crippen LogP contribution is 2.23. The Bertz CT molecular complexity index is 242. The number of nitrogens with zero attached hydrogens (tertiary/aromatic N) is 1. The van der Waals surface area contributed by atoms with Gasteiger partial charge >= 0.3 is 0 Å². The van der Waals surface area contributed by atoms with Gasteiger partial charge in [-0.3, -0.25) is 4.21 Å². The first kappa shape index (κ1) is 10.1. The lowest BCUT2D eigenvalue weighted by Crippen LogP contribution is -2.41. The Hall–Kier alpha value is -0.0200. The maximum atomic E-state index is 12.2. The number of hydrogen-bond acceptors (Lipinski definition) is 1. The van der Waals surface area contributed by atoms with Crippen LogP contribution in [-0.2, 0) is 9.71 Å². The van der Waals surface area contributed by atoms with E-state index in [9.17, 15) is 4.21 Å². The third kappa shape index (κ3) is 1.67. The topological polar surface area (TPSA) is 20.3 Å². The van der Waals surface area contributed by atoms with E-state index in [0.717, 1.165) is 13.1 Å². The molecule has 1 aliphatic heterocycles. The second kappa shape index (κ2) is 3.04. The van der Waals surface area contributed by atoms with Crippen LogP contribution in [0.25, 0.3) is 0 Å². The molecule has 1 saturated heterocycles. The van der Waals surface area contributed by atoms with Crippen molar-refractivity contribution in [1.29, 1.82) is 0 Å². The molecule has 2 nitrogen and oxygen atoms in total. The minimum Gasteiger partial charge on any atom is -0.252 e. The largest absolute Gasteiger partial charge is 0.252 e. The fraction of sp³-hybridized carbons (Fsp3) is 0.889. The van der Waals surface area contributed by atoms with Gasteiger partial charge in [-0.15, -0.1) is 0 Å². The Morgan fingerprint density at radius 1 is 1.25 bits per heavy atom. The molecule has 0 radical (unpaired) electrons. The van der Waals surface area contributed by atoms with E-state index in [1.54, 1.807) is 0 Å². The average molecular weight is 189 g/mol. The maximum Gasteiger partial charge on any atom is 0.0430 e. The molecule has 1 aliphatic rings. The summed E-state index contributed by atoms with van der Waals surface area (Å²) in [5, 5.41) is 0. The quantitative estimate of drug-likeness (QED) is 0.573. The van der Waals surface area contributed by atoms with Gasteiger partial charge in [-0.2, -0.15) is 0 Å². The molecule has 0 N–H and O–H groups in total. The first-order chi connectivity index (χ1) is 5.36. The molecule has 0 aromatic carbocycles. The summed E-state index contributed by atoms with van der Waals surface area (Å²) in [6, 6.07) is 0. The van der Waals surface area contributed by atoms with Crippen molar-refractivity contribution in [3.8, 4) is 0 Å². The molecule has 1 atom stereocenters. The lowest BCUT2D eigenvalue weighted by molar-refractivity contribution is 0.508. The van der Waals surface area contributed by atoms with E-state index in [4.69, 9.17) is 0 Å². The summed E-state index contributed by atoms with van der Waals surface area (Å²) >= 11 is 0. The Labute approximate surface area is 76.1 Å². The van der Waals surface area contributed by atoms with Gasteiger partial charge in [0.15, 0.2) is 0 Å². The minimum atomic E-state index is -2.04. The molecule has 0 aromatic rings. The van der Waals surface area contributed by atoms with Crippen molar-refractivity contribution >= 4 is 15.6 Å². The molecule has 1 fully saturated rings. The zero-order valence-corrected chi connectivity index (χ0v) is 9.12. The van der Waals surface area contributed by atoms with Crippen LogP contribution in [0.1, 0.15) is 33.6 Å². The molecule has 1 heterocycles. The highest BCUT2D eigenvalue weighted by Gasteiger charge is 2.30. The second-order valence-corrected chi connectivity index (χ2v) is 7.41. The van der Waals surface area contributed by atoms with E-state index >= 15 is 0 Å². The van der Waals surface area contributed by atoms with Crippen LogP contribution in [0.5, 0.6) is 0 Å². The van der Waals surface area contributed by atoms with Crippen LogP contribution in [0, 0.1) is 0 Å². The van der Waals surface area contributed by atoms with Crippen LogP contribution in [-0.4, -0.2) is 32.2 Å². The van der Waals surface area contributed by atoms with Gasteiger partial charge < -0.3 is 0 Å². The van der Waals surface area contributed by atoms with Gasteiger partial charge in [0.05, 0.1) is 0 Å². The Morgan fingerprint density at radius 3 is 2.00 bits per heavy atom. The monoisotopic (exact) mass is 189 g/mol. The summed E-state index contributed by atoms with van der Waals surface area (Å²) in [6.07, 6.45) is 2.34. The minimum absolute atomic E-state index is 0.197. The average Bonchev–Trinajstić information content (AvgIpc) is 2.34. The third-order valence-electron chi connectivity index (χ3n) is 2.44. The molecule has 0 bridgehead atoms. The lowest BCUT2D eigenvalue weighted by atomic mass is 10.3. The van der Waals surface area contributed by atoms with Gasteiger partial charge in [-0.25, -0.2) is 4.31 Å². The fourth-order valence-corrected chi connectivity index (χ4v) is 2.99. The van der Waals surface area contributed by atoms with Crippen LogP contribution < -0.4 is 0 Å². The normalized spacial score (nSPS) is 25.6. The summed E-state index contributed by atoms with van der Waals surface area (Å²) in [5.74, 6) is 3.88. The molecule has 0 amide bonds. The summed E-state index contributed by atoms with van der Waals surface area (Å²) in [5.41, 5.74) is 0. The van der Waals surface area contributed by atoms with Gasteiger partial charge in [0.25, 0.3) is 0 Å². The van der Waals surface area contributed by atoms with E-state index in [2.05, 4.69) is 5.87 Å². The first-order valence-electron chi connectivity index (χ1n) is 4.47. The fourth-order valence-electron chi connectivity index (χ4n) is 1.37. The predicted molar refractivity (Wildman–Crippen MR) is 55.8 cm³/mol. The molecule has 12 heavy (non-hydrogen) atoms. The Balaban J connectivity index is 2.85. The van der Waals surface area contributed by atoms with E-state index in [0.29, 0.717) is 0 Å². The van der Waals surface area contributed by atoms with Crippen LogP contribution in [0.4, 0.5) is 0 Å². The molecule has 0 aromatic heterocycles. The predicted octanol–water partition coefficient (Wildman–Crippen LogP) is 1.51. The molecule has 1 rings (SSSR count). The van der Waals surface area contributed by atoms with Crippen molar-refractivity contribution in [2.75, 3.05) is 13.1 Å². The van der Waals surface area contributed by atoms with Gasteiger partial charge in [0.1, 0.15) is 0 Å². The van der Waals surface area contributed by atoms with Crippen molar-refractivity contribution in [2.24, 2.45) is 0 Å². The lowest BCUT2D eigenvalue weighted by Gasteiger charge is -2.31. The molecule has 0 aliphatic carbocycles. The van der Waals surface area contributed by atoms with E-state index in [1.807, 2.05) is 25.1 Å². The second-order valence-electron chi connectivity index (χ2n) is 4.39. The van der Waals surface area contributed by atoms with Gasteiger partial charge in [-0.1, -0.05) is 0 Å². The summed E-state index contributed by atoms with van der Waals surface area (Å²) in [6.45, 7) is 7.92. The third-order valence-corrected chi connectivity index (χ3v) is 5.55. The summed E-state index contributed by atoms with van der Waals surface area (Å²) in [4.78, 5) is 0. The van der Waals surface area contributed by atoms with Gasteiger partial charge in [0.2, 0.25) is 0 Å². The highest BCUT2D eigenvalue weighted by molar-refractivity contribution is 7.99. The molecule has 0 spiro atoms. The van der Waals surface area contributed by atoms with Gasteiger partial charge in [-0.05, 0) is 39.5 Å². The first-order valence-corrected chi connectivity index (χ1v) is 6.16. The maximum absolute atomic E-state index is 12.2. The Morgan fingerprint density at radius 2 is 1.67 bits per heavy atom. The molecular weight excluding hydrogens is 170 g/mol. The SMILES string of the molecule is C=S(=O)(N1CCCC1)C(C)(C)C. The van der Waals surface area contributed by atoms with Crippen molar-refractivity contribution in [2.45, 2.75) is 38.4 Å². The standard InChI is InChI=1S/C9H19NOS/c1-9(2,3)12(4,11)10-7-5-6-8-10/h4-8H2,1-3H3. The van der Waals surface area contributed by atoms with Crippen LogP contribution in [0.2, 0.25) is 0 Å². The molecule has 0 saturated carbocycles. The number of rotatable bonds is 1.